The first-order valence-corrected chi connectivity index (χ1v) is 6.49. The Labute approximate surface area is 112 Å². The zero-order valence-corrected chi connectivity index (χ0v) is 10.7. The van der Waals surface area contributed by atoms with E-state index in [0.717, 1.165) is 36.9 Å². The van der Waals surface area contributed by atoms with Gasteiger partial charge >= 0.3 is 5.97 Å². The lowest BCUT2D eigenvalue weighted by Gasteiger charge is -2.05. The maximum absolute atomic E-state index is 11.8. The van der Waals surface area contributed by atoms with Crippen molar-refractivity contribution in [3.63, 3.8) is 0 Å². The van der Waals surface area contributed by atoms with Crippen LogP contribution < -0.4 is 5.32 Å². The molecule has 19 heavy (non-hydrogen) atoms. The van der Waals surface area contributed by atoms with Gasteiger partial charge in [0.2, 0.25) is 0 Å². The molecule has 1 aliphatic carbocycles. The Hall–Kier alpha value is -2.10. The van der Waals surface area contributed by atoms with E-state index in [1.165, 1.54) is 12.1 Å². The van der Waals surface area contributed by atoms with Gasteiger partial charge in [-0.25, -0.2) is 4.79 Å². The van der Waals surface area contributed by atoms with E-state index in [2.05, 4.69) is 5.32 Å². The van der Waals surface area contributed by atoms with Gasteiger partial charge in [0.05, 0.1) is 5.56 Å². The zero-order chi connectivity index (χ0) is 13.7. The largest absolute Gasteiger partial charge is 0.478 e. The monoisotopic (exact) mass is 259 g/mol. The Kier molecular flexibility index (Phi) is 4.34. The minimum absolute atomic E-state index is 0.215. The van der Waals surface area contributed by atoms with Gasteiger partial charge in [-0.3, -0.25) is 4.79 Å². The molecule has 1 aromatic rings. The lowest BCUT2D eigenvalue weighted by atomic mass is 10.1. The molecule has 0 unspecified atom stereocenters. The molecule has 0 aliphatic heterocycles. The van der Waals surface area contributed by atoms with Crippen LogP contribution in [0.2, 0.25) is 0 Å². The number of rotatable bonds is 3. The third-order valence-corrected chi connectivity index (χ3v) is 3.25. The molecule has 4 nitrogen and oxygen atoms in total. The van der Waals surface area contributed by atoms with Crippen LogP contribution in [-0.4, -0.2) is 16.9 Å². The summed E-state index contributed by atoms with van der Waals surface area (Å²) in [6, 6.07) is 6.47. The topological polar surface area (TPSA) is 66.4 Å². The van der Waals surface area contributed by atoms with Crippen LogP contribution in [0.25, 0.3) is 0 Å². The average Bonchev–Trinajstić information content (AvgIpc) is 2.61. The smallest absolute Gasteiger partial charge is 0.335 e. The molecule has 2 rings (SSSR count). The summed E-state index contributed by atoms with van der Waals surface area (Å²) in [5.41, 5.74) is 1.87. The summed E-state index contributed by atoms with van der Waals surface area (Å²) in [5, 5.41) is 11.9. The van der Waals surface area contributed by atoms with Crippen molar-refractivity contribution >= 4 is 17.4 Å². The summed E-state index contributed by atoms with van der Waals surface area (Å²) < 4.78 is 0. The normalized spacial score (nSPS) is 18.1. The van der Waals surface area contributed by atoms with E-state index in [1.54, 1.807) is 18.3 Å². The van der Waals surface area contributed by atoms with Crippen LogP contribution in [0.15, 0.2) is 36.0 Å². The second-order valence-electron chi connectivity index (χ2n) is 4.68. The van der Waals surface area contributed by atoms with Crippen LogP contribution in [0.3, 0.4) is 0 Å². The average molecular weight is 259 g/mol. The molecule has 4 heteroatoms. The molecule has 0 amide bonds. The summed E-state index contributed by atoms with van der Waals surface area (Å²) in [6.45, 7) is 0. The molecule has 2 N–H and O–H groups in total. The van der Waals surface area contributed by atoms with Crippen molar-refractivity contribution < 1.29 is 14.7 Å². The van der Waals surface area contributed by atoms with Crippen molar-refractivity contribution in [1.82, 2.24) is 0 Å². The second kappa shape index (κ2) is 6.18. The van der Waals surface area contributed by atoms with Crippen molar-refractivity contribution in [2.24, 2.45) is 0 Å². The highest BCUT2D eigenvalue weighted by atomic mass is 16.4. The van der Waals surface area contributed by atoms with Crippen molar-refractivity contribution in [2.45, 2.75) is 32.1 Å². The van der Waals surface area contributed by atoms with E-state index in [0.29, 0.717) is 6.42 Å². The molecule has 0 radical (unpaired) electrons. The number of carbonyl (C=O) groups excluding carboxylic acids is 1. The summed E-state index contributed by atoms with van der Waals surface area (Å²) in [7, 11) is 0. The van der Waals surface area contributed by atoms with Crippen LogP contribution in [0, 0.1) is 0 Å². The Morgan fingerprint density at radius 1 is 1.11 bits per heavy atom. The van der Waals surface area contributed by atoms with E-state index >= 15 is 0 Å². The molecule has 0 aromatic heterocycles. The zero-order valence-electron chi connectivity index (χ0n) is 10.7. The van der Waals surface area contributed by atoms with Crippen LogP contribution in [0.1, 0.15) is 42.5 Å². The minimum Gasteiger partial charge on any atom is -0.478 e. The highest BCUT2D eigenvalue weighted by Gasteiger charge is 2.12. The number of carbonyl (C=O) groups is 2. The predicted octanol–water partition coefficient (Wildman–Crippen LogP) is 3.21. The van der Waals surface area contributed by atoms with E-state index in [4.69, 9.17) is 5.11 Å². The summed E-state index contributed by atoms with van der Waals surface area (Å²) in [6.07, 6.45) is 6.34. The van der Waals surface area contributed by atoms with Gasteiger partial charge in [0.15, 0.2) is 5.78 Å². The molecule has 1 saturated carbocycles. The number of aromatic carboxylic acids is 1. The highest BCUT2D eigenvalue weighted by molar-refractivity contribution is 5.95. The van der Waals surface area contributed by atoms with Crippen LogP contribution in [0.4, 0.5) is 5.69 Å². The first-order valence-electron chi connectivity index (χ1n) is 6.49. The van der Waals surface area contributed by atoms with Crippen LogP contribution >= 0.6 is 0 Å². The Morgan fingerprint density at radius 3 is 2.47 bits per heavy atom. The molecular weight excluding hydrogens is 242 g/mol. The Balaban J connectivity index is 2.04. The van der Waals surface area contributed by atoms with Gasteiger partial charge in [0, 0.05) is 23.9 Å². The van der Waals surface area contributed by atoms with E-state index < -0.39 is 5.97 Å². The van der Waals surface area contributed by atoms with Gasteiger partial charge in [0.1, 0.15) is 0 Å². The fourth-order valence-electron chi connectivity index (χ4n) is 2.11. The van der Waals surface area contributed by atoms with Crippen molar-refractivity contribution in [3.05, 3.63) is 41.6 Å². The molecular formula is C15H17NO3. The number of Topliss-reactive ketones (excluding diaryl/α,β-unsaturated/α-hetero) is 1. The van der Waals surface area contributed by atoms with Crippen molar-refractivity contribution in [2.75, 3.05) is 5.32 Å². The van der Waals surface area contributed by atoms with E-state index in [-0.39, 0.29) is 11.3 Å². The third-order valence-electron chi connectivity index (χ3n) is 3.25. The van der Waals surface area contributed by atoms with Gasteiger partial charge in [-0.05, 0) is 43.5 Å². The quantitative estimate of drug-likeness (QED) is 0.646. The molecule has 1 aromatic carbocycles. The molecule has 0 bridgehead atoms. The first kappa shape index (κ1) is 13.3. The minimum atomic E-state index is -0.941. The number of anilines is 1. The summed E-state index contributed by atoms with van der Waals surface area (Å²) >= 11 is 0. The fraction of sp³-hybridized carbons (Fsp3) is 0.333. The van der Waals surface area contributed by atoms with E-state index in [9.17, 15) is 9.59 Å². The van der Waals surface area contributed by atoms with Crippen LogP contribution in [0.5, 0.6) is 0 Å². The number of carboxylic acid groups (broad SMARTS) is 1. The number of ketones is 1. The number of hydrogen-bond donors (Lipinski definition) is 2. The molecule has 100 valence electrons. The molecule has 0 spiro atoms. The standard InChI is InChI=1S/C15H17NO3/c17-14-5-3-1-2-4-12(14)10-16-13-8-6-11(7-9-13)15(18)19/h6-10,16H,1-5H2,(H,18,19). The van der Waals surface area contributed by atoms with Gasteiger partial charge in [-0.15, -0.1) is 0 Å². The van der Waals surface area contributed by atoms with E-state index in [1.807, 2.05) is 0 Å². The second-order valence-corrected chi connectivity index (χ2v) is 4.68. The SMILES string of the molecule is O=C1CCCCCC1=CNc1ccc(C(=O)O)cc1. The maximum atomic E-state index is 11.8. The van der Waals surface area contributed by atoms with Crippen molar-refractivity contribution in [1.29, 1.82) is 0 Å². The van der Waals surface area contributed by atoms with Crippen molar-refractivity contribution in [3.8, 4) is 0 Å². The number of carboxylic acids is 1. The highest BCUT2D eigenvalue weighted by Crippen LogP contribution is 2.19. The van der Waals surface area contributed by atoms with Crippen LogP contribution in [-0.2, 0) is 4.79 Å². The lowest BCUT2D eigenvalue weighted by molar-refractivity contribution is -0.115. The van der Waals surface area contributed by atoms with Gasteiger partial charge in [-0.1, -0.05) is 6.42 Å². The molecule has 1 aliphatic rings. The molecule has 0 heterocycles. The molecule has 0 saturated heterocycles. The lowest BCUT2D eigenvalue weighted by Crippen LogP contribution is -2.02. The molecule has 0 atom stereocenters. The Bertz CT molecular complexity index is 503. The van der Waals surface area contributed by atoms with Gasteiger partial charge < -0.3 is 10.4 Å². The first-order chi connectivity index (χ1) is 9.16. The van der Waals surface area contributed by atoms with Gasteiger partial charge in [-0.2, -0.15) is 0 Å². The predicted molar refractivity (Wildman–Crippen MR) is 73.2 cm³/mol. The number of hydrogen-bond acceptors (Lipinski definition) is 3. The number of benzene rings is 1. The maximum Gasteiger partial charge on any atom is 0.335 e. The Morgan fingerprint density at radius 2 is 1.79 bits per heavy atom. The third kappa shape index (κ3) is 3.68. The number of allylic oxidation sites excluding steroid dienone is 1. The summed E-state index contributed by atoms with van der Waals surface area (Å²) in [5.74, 6) is -0.726. The fourth-order valence-corrected chi connectivity index (χ4v) is 2.11. The number of nitrogens with one attached hydrogen (secondary N) is 1. The summed E-state index contributed by atoms with van der Waals surface area (Å²) in [4.78, 5) is 22.5. The van der Waals surface area contributed by atoms with Gasteiger partial charge in [0.25, 0.3) is 0 Å². The molecule has 1 fully saturated rings.